The summed E-state index contributed by atoms with van der Waals surface area (Å²) in [4.78, 5) is 21.8. The van der Waals surface area contributed by atoms with Gasteiger partial charge in [-0.05, 0) is 5.92 Å². The van der Waals surface area contributed by atoms with Crippen LogP contribution in [0.2, 0.25) is 0 Å². The Balaban J connectivity index is 3.46. The van der Waals surface area contributed by atoms with E-state index in [1.54, 1.807) is 6.92 Å². The van der Waals surface area contributed by atoms with Crippen LogP contribution in [-0.2, 0) is 14.3 Å². The molecular weight excluding hydrogens is 168 g/mol. The average molecular weight is 186 g/mol. The quantitative estimate of drug-likeness (QED) is 0.595. The van der Waals surface area contributed by atoms with Gasteiger partial charge in [-0.25, -0.2) is 0 Å². The number of esters is 1. The normalized spacial score (nSPS) is 10.2. The highest BCUT2D eigenvalue weighted by molar-refractivity contribution is 5.82. The maximum absolute atomic E-state index is 11.0. The average Bonchev–Trinajstić information content (AvgIpc) is 2.10. The first-order valence-electron chi connectivity index (χ1n) is 4.73. The number of ketones is 1. The molecule has 0 N–H and O–H groups in total. The molecule has 0 radical (unpaired) electrons. The molecular formula is C10H18O3. The fourth-order valence-corrected chi connectivity index (χ4v) is 0.750. The molecule has 3 nitrogen and oxygen atoms in total. The second-order valence-electron chi connectivity index (χ2n) is 3.47. The van der Waals surface area contributed by atoms with E-state index in [0.717, 1.165) is 0 Å². The van der Waals surface area contributed by atoms with E-state index in [2.05, 4.69) is 0 Å². The van der Waals surface area contributed by atoms with Gasteiger partial charge >= 0.3 is 5.97 Å². The summed E-state index contributed by atoms with van der Waals surface area (Å²) in [6.07, 6.45) is 1.03. The van der Waals surface area contributed by atoms with Crippen molar-refractivity contribution in [2.75, 3.05) is 6.61 Å². The Bertz CT molecular complexity index is 173. The van der Waals surface area contributed by atoms with E-state index in [0.29, 0.717) is 25.4 Å². The molecule has 0 aliphatic carbocycles. The van der Waals surface area contributed by atoms with Crippen LogP contribution < -0.4 is 0 Å². The van der Waals surface area contributed by atoms with Crippen LogP contribution in [0.1, 0.15) is 40.0 Å². The Labute approximate surface area is 79.5 Å². The van der Waals surface area contributed by atoms with Crippen LogP contribution in [0.25, 0.3) is 0 Å². The lowest BCUT2D eigenvalue weighted by Crippen LogP contribution is -2.11. The molecule has 0 unspecified atom stereocenters. The van der Waals surface area contributed by atoms with E-state index >= 15 is 0 Å². The Morgan fingerprint density at radius 2 is 1.85 bits per heavy atom. The minimum Gasteiger partial charge on any atom is -0.465 e. The SMILES string of the molecule is CCC(=O)CCC(=O)OCC(C)C. The van der Waals surface area contributed by atoms with E-state index in [1.165, 1.54) is 0 Å². The van der Waals surface area contributed by atoms with E-state index in [1.807, 2.05) is 13.8 Å². The second kappa shape index (κ2) is 6.63. The molecule has 0 amide bonds. The summed E-state index contributed by atoms with van der Waals surface area (Å²) < 4.78 is 4.91. The molecule has 13 heavy (non-hydrogen) atoms. The van der Waals surface area contributed by atoms with Crippen LogP contribution in [0.5, 0.6) is 0 Å². The van der Waals surface area contributed by atoms with Gasteiger partial charge < -0.3 is 4.74 Å². The predicted molar refractivity (Wildman–Crippen MR) is 50.3 cm³/mol. The van der Waals surface area contributed by atoms with Gasteiger partial charge in [-0.15, -0.1) is 0 Å². The van der Waals surface area contributed by atoms with Crippen molar-refractivity contribution in [1.82, 2.24) is 0 Å². The number of carbonyl (C=O) groups excluding carboxylic acids is 2. The van der Waals surface area contributed by atoms with Crippen LogP contribution >= 0.6 is 0 Å². The van der Waals surface area contributed by atoms with Gasteiger partial charge in [0.15, 0.2) is 0 Å². The second-order valence-corrected chi connectivity index (χ2v) is 3.47. The standard InChI is InChI=1S/C10H18O3/c1-4-9(11)5-6-10(12)13-7-8(2)3/h8H,4-7H2,1-3H3. The van der Waals surface area contributed by atoms with Crippen LogP contribution in [0, 0.1) is 5.92 Å². The first-order chi connectivity index (χ1) is 6.06. The molecule has 0 fully saturated rings. The Morgan fingerprint density at radius 3 is 2.31 bits per heavy atom. The summed E-state index contributed by atoms with van der Waals surface area (Å²) >= 11 is 0. The highest BCUT2D eigenvalue weighted by Gasteiger charge is 2.06. The lowest BCUT2D eigenvalue weighted by molar-refractivity contribution is -0.145. The van der Waals surface area contributed by atoms with E-state index < -0.39 is 0 Å². The fraction of sp³-hybridized carbons (Fsp3) is 0.800. The monoisotopic (exact) mass is 186 g/mol. The van der Waals surface area contributed by atoms with Crippen molar-refractivity contribution >= 4 is 11.8 Å². The van der Waals surface area contributed by atoms with Crippen molar-refractivity contribution in [2.24, 2.45) is 5.92 Å². The van der Waals surface area contributed by atoms with Crippen molar-refractivity contribution in [3.8, 4) is 0 Å². The van der Waals surface area contributed by atoms with E-state index in [9.17, 15) is 9.59 Å². The van der Waals surface area contributed by atoms with Gasteiger partial charge in [0, 0.05) is 12.8 Å². The number of hydrogen-bond acceptors (Lipinski definition) is 3. The van der Waals surface area contributed by atoms with Crippen LogP contribution in [-0.4, -0.2) is 18.4 Å². The maximum Gasteiger partial charge on any atom is 0.306 e. The first kappa shape index (κ1) is 12.1. The zero-order chi connectivity index (χ0) is 10.3. The third-order valence-electron chi connectivity index (χ3n) is 1.58. The third kappa shape index (κ3) is 7.50. The highest BCUT2D eigenvalue weighted by Crippen LogP contribution is 1.99. The van der Waals surface area contributed by atoms with Crippen molar-refractivity contribution in [3.05, 3.63) is 0 Å². The van der Waals surface area contributed by atoms with Gasteiger partial charge in [0.25, 0.3) is 0 Å². The molecule has 0 aromatic rings. The molecule has 0 rings (SSSR count). The molecule has 0 saturated carbocycles. The molecule has 3 heteroatoms. The zero-order valence-electron chi connectivity index (χ0n) is 8.63. The summed E-state index contributed by atoms with van der Waals surface area (Å²) in [7, 11) is 0. The summed E-state index contributed by atoms with van der Waals surface area (Å²) in [6.45, 7) is 6.19. The molecule has 0 aromatic heterocycles. The summed E-state index contributed by atoms with van der Waals surface area (Å²) in [5, 5.41) is 0. The number of rotatable bonds is 6. The molecule has 0 spiro atoms. The molecule has 0 saturated heterocycles. The minimum atomic E-state index is -0.268. The van der Waals surface area contributed by atoms with Gasteiger partial charge in [0.05, 0.1) is 13.0 Å². The molecule has 0 heterocycles. The van der Waals surface area contributed by atoms with Crippen LogP contribution in [0.15, 0.2) is 0 Å². The lowest BCUT2D eigenvalue weighted by Gasteiger charge is -2.06. The van der Waals surface area contributed by atoms with Crippen molar-refractivity contribution < 1.29 is 14.3 Å². The molecule has 0 aliphatic rings. The summed E-state index contributed by atoms with van der Waals surface area (Å²) in [5.41, 5.74) is 0. The number of carbonyl (C=O) groups is 2. The fourth-order valence-electron chi connectivity index (χ4n) is 0.750. The van der Waals surface area contributed by atoms with Gasteiger partial charge in [0.1, 0.15) is 5.78 Å². The molecule has 0 atom stereocenters. The third-order valence-corrected chi connectivity index (χ3v) is 1.58. The van der Waals surface area contributed by atoms with Crippen molar-refractivity contribution in [1.29, 1.82) is 0 Å². The lowest BCUT2D eigenvalue weighted by atomic mass is 10.2. The smallest absolute Gasteiger partial charge is 0.306 e. The van der Waals surface area contributed by atoms with Gasteiger partial charge in [-0.1, -0.05) is 20.8 Å². The molecule has 76 valence electrons. The molecule has 0 aliphatic heterocycles. The van der Waals surface area contributed by atoms with Gasteiger partial charge in [-0.3, -0.25) is 9.59 Å². The molecule has 0 bridgehead atoms. The van der Waals surface area contributed by atoms with Crippen molar-refractivity contribution in [3.63, 3.8) is 0 Å². The van der Waals surface area contributed by atoms with E-state index in [-0.39, 0.29) is 18.2 Å². The predicted octanol–water partition coefficient (Wildman–Crippen LogP) is 1.94. The topological polar surface area (TPSA) is 43.4 Å². The first-order valence-corrected chi connectivity index (χ1v) is 4.73. The summed E-state index contributed by atoms with van der Waals surface area (Å²) in [6, 6.07) is 0. The zero-order valence-corrected chi connectivity index (χ0v) is 8.63. The van der Waals surface area contributed by atoms with Gasteiger partial charge in [0.2, 0.25) is 0 Å². The Morgan fingerprint density at radius 1 is 1.23 bits per heavy atom. The molecule has 0 aromatic carbocycles. The number of ether oxygens (including phenoxy) is 1. The van der Waals surface area contributed by atoms with E-state index in [4.69, 9.17) is 4.74 Å². The summed E-state index contributed by atoms with van der Waals surface area (Å²) in [5.74, 6) is 0.197. The van der Waals surface area contributed by atoms with Crippen LogP contribution in [0.3, 0.4) is 0 Å². The number of hydrogen-bond donors (Lipinski definition) is 0. The van der Waals surface area contributed by atoms with Gasteiger partial charge in [-0.2, -0.15) is 0 Å². The van der Waals surface area contributed by atoms with Crippen LogP contribution in [0.4, 0.5) is 0 Å². The van der Waals surface area contributed by atoms with Crippen molar-refractivity contribution in [2.45, 2.75) is 40.0 Å². The highest BCUT2D eigenvalue weighted by atomic mass is 16.5. The number of Topliss-reactive ketones (excluding diaryl/α,β-unsaturated/α-hetero) is 1. The largest absolute Gasteiger partial charge is 0.465 e. The Kier molecular flexibility index (Phi) is 6.20. The Hall–Kier alpha value is -0.860. The maximum atomic E-state index is 11.0. The minimum absolute atomic E-state index is 0.112.